The molecule has 45 heavy (non-hydrogen) atoms. The average molecular weight is 613 g/mol. The Labute approximate surface area is 262 Å². The van der Waals surface area contributed by atoms with Crippen LogP contribution in [0.5, 0.6) is 5.75 Å². The normalized spacial score (nSPS) is 24.5. The van der Waals surface area contributed by atoms with Crippen molar-refractivity contribution in [1.29, 1.82) is 0 Å². The van der Waals surface area contributed by atoms with Gasteiger partial charge in [0.05, 0.1) is 39.1 Å². The second-order valence-corrected chi connectivity index (χ2v) is 10.9. The molecule has 2 saturated heterocycles. The summed E-state index contributed by atoms with van der Waals surface area (Å²) in [7, 11) is 1.62. The summed E-state index contributed by atoms with van der Waals surface area (Å²) < 4.78 is 43.9. The number of methoxy groups -OCH3 is 1. The van der Waals surface area contributed by atoms with E-state index in [1.807, 2.05) is 84.9 Å². The first kappa shape index (κ1) is 30.9. The number of benzene rings is 4. The Morgan fingerprint density at radius 1 is 0.733 bits per heavy atom. The lowest BCUT2D eigenvalue weighted by Crippen LogP contribution is -2.63. The highest BCUT2D eigenvalue weighted by molar-refractivity contribution is 5.89. The maximum Gasteiger partial charge on any atom is 0.336 e. The van der Waals surface area contributed by atoms with Gasteiger partial charge in [0.25, 0.3) is 0 Å². The summed E-state index contributed by atoms with van der Waals surface area (Å²) in [5.74, 6) is -0.288. The van der Waals surface area contributed by atoms with Crippen LogP contribution in [-0.2, 0) is 48.2 Å². The molecule has 2 heterocycles. The first-order chi connectivity index (χ1) is 22.1. The zero-order valence-electron chi connectivity index (χ0n) is 24.9. The number of hydrogen-bond acceptors (Lipinski definition) is 8. The first-order valence-corrected chi connectivity index (χ1v) is 14.9. The predicted octanol–water partition coefficient (Wildman–Crippen LogP) is 5.92. The highest BCUT2D eigenvalue weighted by Crippen LogP contribution is 2.37. The van der Waals surface area contributed by atoms with Gasteiger partial charge in [0.15, 0.2) is 12.6 Å². The van der Waals surface area contributed by atoms with Gasteiger partial charge >= 0.3 is 5.97 Å². The molecule has 0 aliphatic carbocycles. The maximum atomic E-state index is 11.9. The largest absolute Gasteiger partial charge is 0.497 e. The molecule has 4 aromatic carbocycles. The van der Waals surface area contributed by atoms with Crippen LogP contribution in [0.25, 0.3) is 0 Å². The molecular formula is C36H36O9. The molecule has 2 aliphatic heterocycles. The molecule has 6 rings (SSSR count). The SMILES string of the molecule is COc1ccc(CO[C@@H]2[C@@H](OCc3ccccc3C(=O)O)O[C@@H]3COC(c4ccccc4)O[C@H]3[C@@H]2OCc2ccccc2)cc1. The fraction of sp³-hybridized carbons (Fsp3) is 0.306. The van der Waals surface area contributed by atoms with Gasteiger partial charge in [0.2, 0.25) is 0 Å². The standard InChI is InChI=1S/C36H36O9/c1-39-28-18-16-25(17-19-28)21-41-33-32(40-20-24-10-4-2-5-11-24)31-30(23-43-35(45-31)26-12-6-3-7-13-26)44-36(33)42-22-27-14-8-9-15-29(27)34(37)38/h2-19,30-33,35-36H,20-23H2,1H3,(H,37,38)/t30-,31-,32+,33+,35?,36+/m1/s1. The fourth-order valence-electron chi connectivity index (χ4n) is 5.53. The van der Waals surface area contributed by atoms with Gasteiger partial charge in [0.1, 0.15) is 30.2 Å². The Morgan fingerprint density at radius 2 is 1.38 bits per heavy atom. The monoisotopic (exact) mass is 612 g/mol. The van der Waals surface area contributed by atoms with Crippen LogP contribution in [0.1, 0.15) is 38.9 Å². The van der Waals surface area contributed by atoms with Crippen LogP contribution in [0.3, 0.4) is 0 Å². The molecule has 9 heteroatoms. The second-order valence-electron chi connectivity index (χ2n) is 10.9. The molecule has 1 N–H and O–H groups in total. The van der Waals surface area contributed by atoms with Crippen molar-refractivity contribution >= 4 is 5.97 Å². The summed E-state index contributed by atoms with van der Waals surface area (Å²) in [5.41, 5.74) is 3.48. The van der Waals surface area contributed by atoms with Crippen molar-refractivity contribution in [2.45, 2.75) is 56.8 Å². The minimum Gasteiger partial charge on any atom is -0.497 e. The van der Waals surface area contributed by atoms with Crippen LogP contribution >= 0.6 is 0 Å². The van der Waals surface area contributed by atoms with Gasteiger partial charge in [-0.3, -0.25) is 0 Å². The van der Waals surface area contributed by atoms with Gasteiger partial charge in [0, 0.05) is 5.56 Å². The second kappa shape index (κ2) is 14.8. The molecule has 0 amide bonds. The predicted molar refractivity (Wildman–Crippen MR) is 163 cm³/mol. The summed E-state index contributed by atoms with van der Waals surface area (Å²) in [4.78, 5) is 11.9. The lowest BCUT2D eigenvalue weighted by molar-refractivity contribution is -0.374. The smallest absolute Gasteiger partial charge is 0.336 e. The Hall–Kier alpha value is -4.09. The summed E-state index contributed by atoms with van der Waals surface area (Å²) in [6, 6.07) is 34.0. The van der Waals surface area contributed by atoms with E-state index in [0.29, 0.717) is 12.2 Å². The third-order valence-electron chi connectivity index (χ3n) is 7.89. The molecule has 0 saturated carbocycles. The third kappa shape index (κ3) is 7.59. The van der Waals surface area contributed by atoms with E-state index in [1.165, 1.54) is 0 Å². The van der Waals surface area contributed by atoms with Crippen molar-refractivity contribution in [3.8, 4) is 5.75 Å². The summed E-state index contributed by atoms with van der Waals surface area (Å²) in [6.45, 7) is 0.787. The van der Waals surface area contributed by atoms with Gasteiger partial charge in [-0.15, -0.1) is 0 Å². The van der Waals surface area contributed by atoms with Crippen molar-refractivity contribution in [3.63, 3.8) is 0 Å². The van der Waals surface area contributed by atoms with Gasteiger partial charge < -0.3 is 38.3 Å². The van der Waals surface area contributed by atoms with Crippen molar-refractivity contribution in [2.24, 2.45) is 0 Å². The minimum absolute atomic E-state index is 0.00726. The lowest BCUT2D eigenvalue weighted by atomic mass is 9.97. The molecule has 1 unspecified atom stereocenters. The van der Waals surface area contributed by atoms with E-state index < -0.39 is 43.0 Å². The molecule has 0 aromatic heterocycles. The topological polar surface area (TPSA) is 102 Å². The van der Waals surface area contributed by atoms with Crippen molar-refractivity contribution in [1.82, 2.24) is 0 Å². The maximum absolute atomic E-state index is 11.9. The minimum atomic E-state index is -1.03. The zero-order chi connectivity index (χ0) is 31.0. The quantitative estimate of drug-likeness (QED) is 0.209. The number of carboxylic acids is 1. The number of fused-ring (bicyclic) bond motifs is 1. The van der Waals surface area contributed by atoms with Crippen molar-refractivity contribution in [3.05, 3.63) is 137 Å². The number of rotatable bonds is 12. The Bertz CT molecular complexity index is 1510. The van der Waals surface area contributed by atoms with Crippen LogP contribution in [0.15, 0.2) is 109 Å². The number of ether oxygens (including phenoxy) is 7. The highest BCUT2D eigenvalue weighted by atomic mass is 16.8. The van der Waals surface area contributed by atoms with E-state index in [4.69, 9.17) is 33.2 Å². The van der Waals surface area contributed by atoms with E-state index in [0.717, 1.165) is 22.4 Å². The van der Waals surface area contributed by atoms with E-state index in [9.17, 15) is 9.90 Å². The summed E-state index contributed by atoms with van der Waals surface area (Å²) in [5, 5.41) is 9.72. The Kier molecular flexibility index (Phi) is 10.2. The third-order valence-corrected chi connectivity index (χ3v) is 7.89. The molecule has 4 aromatic rings. The van der Waals surface area contributed by atoms with E-state index in [2.05, 4.69) is 0 Å². The molecule has 9 nitrogen and oxygen atoms in total. The van der Waals surface area contributed by atoms with Crippen LogP contribution < -0.4 is 4.74 Å². The van der Waals surface area contributed by atoms with Crippen LogP contribution in [0.2, 0.25) is 0 Å². The summed E-state index contributed by atoms with van der Waals surface area (Å²) >= 11 is 0. The van der Waals surface area contributed by atoms with E-state index >= 15 is 0 Å². The van der Waals surface area contributed by atoms with Crippen LogP contribution in [-0.4, -0.2) is 55.5 Å². The molecule has 2 aliphatic rings. The number of hydrogen-bond donors (Lipinski definition) is 1. The Balaban J connectivity index is 1.29. The van der Waals surface area contributed by atoms with Gasteiger partial charge in [-0.25, -0.2) is 4.79 Å². The highest BCUT2D eigenvalue weighted by Gasteiger charge is 2.52. The van der Waals surface area contributed by atoms with E-state index in [1.54, 1.807) is 31.4 Å². The first-order valence-electron chi connectivity index (χ1n) is 14.9. The molecule has 0 spiro atoms. The fourth-order valence-corrected chi connectivity index (χ4v) is 5.53. The van der Waals surface area contributed by atoms with Crippen molar-refractivity contribution in [2.75, 3.05) is 13.7 Å². The van der Waals surface area contributed by atoms with Gasteiger partial charge in [-0.1, -0.05) is 91.0 Å². The zero-order valence-corrected chi connectivity index (χ0v) is 24.9. The van der Waals surface area contributed by atoms with Crippen molar-refractivity contribution < 1.29 is 43.1 Å². The number of aromatic carboxylic acids is 1. The van der Waals surface area contributed by atoms with Crippen LogP contribution in [0, 0.1) is 0 Å². The molecular weight excluding hydrogens is 576 g/mol. The van der Waals surface area contributed by atoms with E-state index in [-0.39, 0.29) is 25.4 Å². The molecule has 0 bridgehead atoms. The Morgan fingerprint density at radius 3 is 2.09 bits per heavy atom. The molecule has 2 fully saturated rings. The summed E-state index contributed by atoms with van der Waals surface area (Å²) in [6.07, 6.45) is -3.93. The number of carboxylic acid groups (broad SMARTS) is 1. The molecule has 234 valence electrons. The number of carbonyl (C=O) groups is 1. The lowest BCUT2D eigenvalue weighted by Gasteiger charge is -2.49. The molecule has 0 radical (unpaired) electrons. The average Bonchev–Trinajstić information content (AvgIpc) is 3.09. The molecule has 6 atom stereocenters. The van der Waals surface area contributed by atoms with Gasteiger partial charge in [-0.05, 0) is 34.9 Å². The van der Waals surface area contributed by atoms with Crippen LogP contribution in [0.4, 0.5) is 0 Å². The van der Waals surface area contributed by atoms with Gasteiger partial charge in [-0.2, -0.15) is 0 Å².